The van der Waals surface area contributed by atoms with Crippen molar-refractivity contribution >= 4 is 45.2 Å². The summed E-state index contributed by atoms with van der Waals surface area (Å²) in [6, 6.07) is 7.92. The molecule has 0 saturated carbocycles. The van der Waals surface area contributed by atoms with Crippen molar-refractivity contribution in [1.82, 2.24) is 15.0 Å². The number of hydrogen-bond acceptors (Lipinski definition) is 5. The van der Waals surface area contributed by atoms with E-state index < -0.39 is 0 Å². The van der Waals surface area contributed by atoms with Gasteiger partial charge in [0, 0.05) is 23.5 Å². The Morgan fingerprint density at radius 1 is 1.11 bits per heavy atom. The highest BCUT2D eigenvalue weighted by molar-refractivity contribution is 9.10. The van der Waals surface area contributed by atoms with Crippen LogP contribution in [0.2, 0.25) is 5.28 Å². The Morgan fingerprint density at radius 2 is 1.78 bits per heavy atom. The van der Waals surface area contributed by atoms with Crippen molar-refractivity contribution < 1.29 is 0 Å². The maximum absolute atomic E-state index is 5.88. The first-order valence-corrected chi connectivity index (χ1v) is 7.05. The van der Waals surface area contributed by atoms with E-state index in [9.17, 15) is 0 Å². The average Bonchev–Trinajstić information content (AvgIpc) is 2.31. The van der Waals surface area contributed by atoms with Crippen LogP contribution < -0.4 is 4.90 Å². The fourth-order valence-corrected chi connectivity index (χ4v) is 2.39. The standard InChI is InChI=1S/C11H10BrClN4S/c1-17(2)10-14-9(13)15-11(16-10)18-8-5-3-7(12)4-6-8/h3-6H,1-2H3. The van der Waals surface area contributed by atoms with E-state index in [-0.39, 0.29) is 5.28 Å². The molecule has 0 amide bonds. The quantitative estimate of drug-likeness (QED) is 0.851. The topological polar surface area (TPSA) is 41.9 Å². The molecular weight excluding hydrogens is 336 g/mol. The van der Waals surface area contributed by atoms with Crippen LogP contribution in [0, 0.1) is 0 Å². The number of aromatic nitrogens is 3. The molecular formula is C11H10BrClN4S. The lowest BCUT2D eigenvalue weighted by molar-refractivity contribution is 0.866. The molecule has 2 rings (SSSR count). The molecule has 0 spiro atoms. The van der Waals surface area contributed by atoms with E-state index in [1.165, 1.54) is 11.8 Å². The molecule has 0 radical (unpaired) electrons. The highest BCUT2D eigenvalue weighted by Gasteiger charge is 2.08. The second kappa shape index (κ2) is 5.86. The molecule has 0 atom stereocenters. The number of halogens is 2. The summed E-state index contributed by atoms with van der Waals surface area (Å²) in [5.74, 6) is 0.551. The van der Waals surface area contributed by atoms with Crippen molar-refractivity contribution in [2.75, 3.05) is 19.0 Å². The molecule has 2 aromatic rings. The molecule has 1 heterocycles. The molecule has 0 aliphatic carbocycles. The second-order valence-corrected chi connectivity index (χ2v) is 5.93. The third-order valence-corrected chi connectivity index (χ3v) is 3.57. The molecule has 0 bridgehead atoms. The molecule has 1 aromatic carbocycles. The minimum Gasteiger partial charge on any atom is -0.347 e. The molecule has 0 aliphatic heterocycles. The highest BCUT2D eigenvalue weighted by atomic mass is 79.9. The molecule has 1 aromatic heterocycles. The maximum Gasteiger partial charge on any atom is 0.230 e. The van der Waals surface area contributed by atoms with Crippen LogP contribution in [-0.4, -0.2) is 29.0 Å². The lowest BCUT2D eigenvalue weighted by Gasteiger charge is -2.10. The predicted octanol–water partition coefficient (Wildman–Crippen LogP) is 3.50. The van der Waals surface area contributed by atoms with Gasteiger partial charge >= 0.3 is 0 Å². The number of rotatable bonds is 3. The van der Waals surface area contributed by atoms with Crippen molar-refractivity contribution in [3.63, 3.8) is 0 Å². The largest absolute Gasteiger partial charge is 0.347 e. The van der Waals surface area contributed by atoms with Crippen LogP contribution in [0.3, 0.4) is 0 Å². The van der Waals surface area contributed by atoms with Crippen molar-refractivity contribution in [3.8, 4) is 0 Å². The van der Waals surface area contributed by atoms with E-state index >= 15 is 0 Å². The molecule has 18 heavy (non-hydrogen) atoms. The van der Waals surface area contributed by atoms with Crippen molar-refractivity contribution in [2.24, 2.45) is 0 Å². The van der Waals surface area contributed by atoms with Crippen LogP contribution in [0.25, 0.3) is 0 Å². The van der Waals surface area contributed by atoms with E-state index in [0.29, 0.717) is 11.1 Å². The summed E-state index contributed by atoms with van der Waals surface area (Å²) in [6.45, 7) is 0. The van der Waals surface area contributed by atoms with Gasteiger partial charge in [-0.05, 0) is 47.6 Å². The summed E-state index contributed by atoms with van der Waals surface area (Å²) >= 11 is 10.7. The van der Waals surface area contributed by atoms with Gasteiger partial charge in [0.1, 0.15) is 0 Å². The number of nitrogens with zero attached hydrogens (tertiary/aromatic N) is 4. The molecule has 0 saturated heterocycles. The summed E-state index contributed by atoms with van der Waals surface area (Å²) < 4.78 is 1.04. The Morgan fingerprint density at radius 3 is 2.39 bits per heavy atom. The summed E-state index contributed by atoms with van der Waals surface area (Å²) in [4.78, 5) is 15.3. The van der Waals surface area contributed by atoms with E-state index in [0.717, 1.165) is 9.37 Å². The number of hydrogen-bond donors (Lipinski definition) is 0. The first kappa shape index (κ1) is 13.6. The van der Waals surface area contributed by atoms with Gasteiger partial charge in [0.05, 0.1) is 0 Å². The van der Waals surface area contributed by atoms with Crippen molar-refractivity contribution in [2.45, 2.75) is 10.1 Å². The van der Waals surface area contributed by atoms with Gasteiger partial charge in [0.2, 0.25) is 11.2 Å². The summed E-state index contributed by atoms with van der Waals surface area (Å²) in [6.07, 6.45) is 0. The van der Waals surface area contributed by atoms with Gasteiger partial charge in [-0.25, -0.2) is 0 Å². The van der Waals surface area contributed by atoms with Crippen LogP contribution in [0.4, 0.5) is 5.95 Å². The summed E-state index contributed by atoms with van der Waals surface area (Å²) in [5, 5.41) is 0.786. The first-order chi connectivity index (χ1) is 8.54. The van der Waals surface area contributed by atoms with Crippen LogP contribution in [0.5, 0.6) is 0 Å². The van der Waals surface area contributed by atoms with Gasteiger partial charge in [0.15, 0.2) is 5.16 Å². The van der Waals surface area contributed by atoms with Gasteiger partial charge in [-0.1, -0.05) is 15.9 Å². The Kier molecular flexibility index (Phi) is 4.42. The SMILES string of the molecule is CN(C)c1nc(Cl)nc(Sc2ccc(Br)cc2)n1. The monoisotopic (exact) mass is 344 g/mol. The molecule has 4 nitrogen and oxygen atoms in total. The molecule has 0 unspecified atom stereocenters. The van der Waals surface area contributed by atoms with Gasteiger partial charge in [-0.2, -0.15) is 15.0 Å². The number of benzene rings is 1. The van der Waals surface area contributed by atoms with Crippen LogP contribution in [0.15, 0.2) is 38.8 Å². The zero-order valence-electron chi connectivity index (χ0n) is 9.76. The van der Waals surface area contributed by atoms with E-state index in [1.807, 2.05) is 38.4 Å². The zero-order valence-corrected chi connectivity index (χ0v) is 12.9. The molecule has 0 fully saturated rings. The van der Waals surface area contributed by atoms with Crippen LogP contribution in [-0.2, 0) is 0 Å². The molecule has 7 heteroatoms. The van der Waals surface area contributed by atoms with Gasteiger partial charge in [0.25, 0.3) is 0 Å². The molecule has 0 aliphatic rings. The minimum atomic E-state index is 0.202. The van der Waals surface area contributed by atoms with Crippen LogP contribution in [0.1, 0.15) is 0 Å². The Hall–Kier alpha value is -0.850. The Balaban J connectivity index is 2.26. The summed E-state index contributed by atoms with van der Waals surface area (Å²) in [5.41, 5.74) is 0. The Bertz CT molecular complexity index is 547. The third-order valence-electron chi connectivity index (χ3n) is 2.00. The average molecular weight is 346 g/mol. The normalized spacial score (nSPS) is 10.4. The van der Waals surface area contributed by atoms with Gasteiger partial charge in [-0.15, -0.1) is 0 Å². The molecule has 94 valence electrons. The van der Waals surface area contributed by atoms with Crippen LogP contribution >= 0.6 is 39.3 Å². The van der Waals surface area contributed by atoms with Gasteiger partial charge < -0.3 is 4.90 Å². The summed E-state index contributed by atoms with van der Waals surface area (Å²) in [7, 11) is 3.72. The minimum absolute atomic E-state index is 0.202. The van der Waals surface area contributed by atoms with E-state index in [2.05, 4.69) is 30.9 Å². The lowest BCUT2D eigenvalue weighted by Crippen LogP contribution is -2.13. The zero-order chi connectivity index (χ0) is 13.1. The predicted molar refractivity (Wildman–Crippen MR) is 77.4 cm³/mol. The Labute approximate surface area is 123 Å². The van der Waals surface area contributed by atoms with Crippen molar-refractivity contribution in [3.05, 3.63) is 34.0 Å². The third kappa shape index (κ3) is 3.57. The van der Waals surface area contributed by atoms with Crippen molar-refractivity contribution in [1.29, 1.82) is 0 Å². The van der Waals surface area contributed by atoms with E-state index in [4.69, 9.17) is 11.6 Å². The molecule has 0 N–H and O–H groups in total. The second-order valence-electron chi connectivity index (χ2n) is 3.64. The van der Waals surface area contributed by atoms with E-state index in [1.54, 1.807) is 4.90 Å². The smallest absolute Gasteiger partial charge is 0.230 e. The lowest BCUT2D eigenvalue weighted by atomic mass is 10.4. The fraction of sp³-hybridized carbons (Fsp3) is 0.182. The maximum atomic E-state index is 5.88. The van der Waals surface area contributed by atoms with Gasteiger partial charge in [-0.3, -0.25) is 0 Å². The fourth-order valence-electron chi connectivity index (χ4n) is 1.18. The number of anilines is 1. The highest BCUT2D eigenvalue weighted by Crippen LogP contribution is 2.27. The first-order valence-electron chi connectivity index (χ1n) is 5.07.